The van der Waals surface area contributed by atoms with Crippen molar-refractivity contribution in [2.24, 2.45) is 0 Å². The van der Waals surface area contributed by atoms with Crippen molar-refractivity contribution >= 4 is 19.7 Å². The average Bonchev–Trinajstić information content (AvgIpc) is 2.44. The van der Waals surface area contributed by atoms with Gasteiger partial charge in [0.05, 0.1) is 27.9 Å². The Kier molecular flexibility index (Phi) is 8.56. The molecule has 0 aromatic rings. The summed E-state index contributed by atoms with van der Waals surface area (Å²) >= 11 is 0. The largest absolute Gasteiger partial charge is 0.391 e. The summed E-state index contributed by atoms with van der Waals surface area (Å²) in [5.41, 5.74) is -2.09. The molecule has 6 nitrogen and oxygen atoms in total. The molecule has 0 rings (SSSR count). The van der Waals surface area contributed by atoms with Crippen LogP contribution >= 0.6 is 0 Å². The predicted octanol–water partition coefficient (Wildman–Crippen LogP) is 1.28. The number of aliphatic hydroxyl groups excluding tert-OH is 1. The average molecular weight is 376 g/mol. The van der Waals surface area contributed by atoms with Gasteiger partial charge >= 0.3 is 0 Å². The van der Waals surface area contributed by atoms with Crippen molar-refractivity contribution in [2.75, 3.05) is 18.1 Å². The van der Waals surface area contributed by atoms with E-state index in [0.29, 0.717) is 0 Å². The van der Waals surface area contributed by atoms with Crippen LogP contribution in [0.1, 0.15) is 12.8 Å². The van der Waals surface area contributed by atoms with Crippen molar-refractivity contribution in [2.45, 2.75) is 18.4 Å². The Balaban J connectivity index is 7.01. The third-order valence-electron chi connectivity index (χ3n) is 3.14. The molecule has 0 saturated heterocycles. The number of hydrogen-bond acceptors (Lipinski definition) is 6. The Labute approximate surface area is 144 Å². The molecule has 0 spiro atoms. The molecule has 0 aliphatic heterocycles. The van der Waals surface area contributed by atoms with E-state index in [1.807, 2.05) is 0 Å². The maximum Gasteiger partial charge on any atom is 0.182 e. The molecule has 0 aromatic heterocycles. The van der Waals surface area contributed by atoms with E-state index >= 15 is 0 Å². The predicted molar refractivity (Wildman–Crippen MR) is 96.7 cm³/mol. The zero-order chi connectivity index (χ0) is 19.0. The summed E-state index contributed by atoms with van der Waals surface area (Å²) in [6.45, 7) is 12.5. The molecule has 0 unspecified atom stereocenters. The zero-order valence-corrected chi connectivity index (χ0v) is 15.2. The fraction of sp³-hybridized carbons (Fsp3) is 0.375. The minimum absolute atomic E-state index is 0.238. The second-order valence-corrected chi connectivity index (χ2v) is 9.09. The molecule has 0 aromatic carbocycles. The Hall–Kier alpha value is -1.48. The highest BCUT2D eigenvalue weighted by Gasteiger charge is 2.42. The van der Waals surface area contributed by atoms with Gasteiger partial charge in [-0.25, -0.2) is 16.8 Å². The Bertz CT molecular complexity index is 717. The molecule has 24 heavy (non-hydrogen) atoms. The Morgan fingerprint density at radius 2 is 1.25 bits per heavy atom. The second kappa shape index (κ2) is 9.12. The summed E-state index contributed by atoms with van der Waals surface area (Å²) in [4.78, 5) is -1.51. The lowest BCUT2D eigenvalue weighted by Crippen LogP contribution is -2.38. The lowest BCUT2D eigenvalue weighted by atomic mass is 9.94. The van der Waals surface area contributed by atoms with Crippen LogP contribution in [0.5, 0.6) is 0 Å². The van der Waals surface area contributed by atoms with Crippen molar-refractivity contribution in [1.82, 2.24) is 0 Å². The second-order valence-electron chi connectivity index (χ2n) is 5.07. The first-order valence-corrected chi connectivity index (χ1v) is 10.3. The van der Waals surface area contributed by atoms with Gasteiger partial charge in [0, 0.05) is 0 Å². The lowest BCUT2D eigenvalue weighted by molar-refractivity contribution is 0.0911. The monoisotopic (exact) mass is 376 g/mol. The van der Waals surface area contributed by atoms with Gasteiger partial charge in [-0.05, 0) is 12.8 Å². The first kappa shape index (κ1) is 22.5. The van der Waals surface area contributed by atoms with Crippen LogP contribution in [0.15, 0.2) is 60.4 Å². The molecule has 2 N–H and O–H groups in total. The molecule has 0 amide bonds. The van der Waals surface area contributed by atoms with E-state index in [4.69, 9.17) is 0 Å². The summed E-state index contributed by atoms with van der Waals surface area (Å²) in [5.74, 6) is -1.17. The highest BCUT2D eigenvalue weighted by atomic mass is 32.2. The van der Waals surface area contributed by atoms with Gasteiger partial charge in [-0.15, -0.1) is 26.3 Å². The fourth-order valence-corrected chi connectivity index (χ4v) is 5.85. The van der Waals surface area contributed by atoms with Crippen LogP contribution in [0, 0.1) is 0 Å². The molecule has 0 heterocycles. The molecule has 136 valence electrons. The molecule has 0 saturated carbocycles. The van der Waals surface area contributed by atoms with Crippen LogP contribution in [0.4, 0.5) is 0 Å². The van der Waals surface area contributed by atoms with Gasteiger partial charge in [0.25, 0.3) is 0 Å². The molecule has 0 aliphatic rings. The van der Waals surface area contributed by atoms with Gasteiger partial charge in [0.1, 0.15) is 5.60 Å². The summed E-state index contributed by atoms with van der Waals surface area (Å²) < 4.78 is 50.0. The van der Waals surface area contributed by atoms with Crippen LogP contribution in [0.3, 0.4) is 0 Å². The van der Waals surface area contributed by atoms with Crippen molar-refractivity contribution in [3.05, 3.63) is 60.4 Å². The zero-order valence-electron chi connectivity index (χ0n) is 13.5. The number of aliphatic hydroxyl groups is 2. The maximum atomic E-state index is 12.6. The molecule has 8 heteroatoms. The van der Waals surface area contributed by atoms with E-state index in [0.717, 1.165) is 12.2 Å². The molecule has 0 atom stereocenters. The first-order valence-electron chi connectivity index (χ1n) is 7.02. The molecular weight excluding hydrogens is 352 g/mol. The lowest BCUT2D eigenvalue weighted by Gasteiger charge is -2.30. The molecule has 0 bridgehead atoms. The normalized spacial score (nSPS) is 13.8. The van der Waals surface area contributed by atoms with Crippen LogP contribution < -0.4 is 0 Å². The minimum atomic E-state index is -4.24. The summed E-state index contributed by atoms with van der Waals surface area (Å²) in [6.07, 6.45) is 4.20. The van der Waals surface area contributed by atoms with Gasteiger partial charge in [0.2, 0.25) is 0 Å². The van der Waals surface area contributed by atoms with E-state index in [-0.39, 0.29) is 12.8 Å². The molecular formula is C16H24O6S2. The summed E-state index contributed by atoms with van der Waals surface area (Å²) in [7, 11) is -8.42. The third kappa shape index (κ3) is 5.27. The van der Waals surface area contributed by atoms with Crippen molar-refractivity contribution in [3.8, 4) is 0 Å². The SMILES string of the molecule is C=CCC(O)(CC=C)/C(=C(\CO)S(=O)(=O)CC=C)S(=O)(=O)CC=C. The van der Waals surface area contributed by atoms with Crippen LogP contribution in [-0.4, -0.2) is 50.8 Å². The van der Waals surface area contributed by atoms with E-state index in [9.17, 15) is 27.0 Å². The first-order chi connectivity index (χ1) is 11.1. The fourth-order valence-electron chi connectivity index (χ4n) is 2.27. The number of hydrogen-bond donors (Lipinski definition) is 2. The van der Waals surface area contributed by atoms with E-state index in [1.165, 1.54) is 12.2 Å². The van der Waals surface area contributed by atoms with Gasteiger partial charge in [-0.2, -0.15) is 0 Å². The van der Waals surface area contributed by atoms with Crippen LogP contribution in [0.2, 0.25) is 0 Å². The summed E-state index contributed by atoms with van der Waals surface area (Å²) in [6, 6.07) is 0. The minimum Gasteiger partial charge on any atom is -0.391 e. The van der Waals surface area contributed by atoms with E-state index in [1.54, 1.807) is 0 Å². The molecule has 0 radical (unpaired) electrons. The van der Waals surface area contributed by atoms with Gasteiger partial charge in [0.15, 0.2) is 19.7 Å². The standard InChI is InChI=1S/C16H24O6S2/c1-5-9-16(18,10-6-2)15(24(21,22)12-8-4)14(13-17)23(19,20)11-7-3/h5-8,17-18H,1-4,9-13H2/b15-14-. The van der Waals surface area contributed by atoms with Crippen LogP contribution in [0.25, 0.3) is 0 Å². The maximum absolute atomic E-state index is 12.6. The Morgan fingerprint density at radius 1 is 0.833 bits per heavy atom. The van der Waals surface area contributed by atoms with Crippen molar-refractivity contribution < 1.29 is 27.0 Å². The number of sulfone groups is 2. The quantitative estimate of drug-likeness (QED) is 0.497. The smallest absolute Gasteiger partial charge is 0.182 e. The number of rotatable bonds is 12. The highest BCUT2D eigenvalue weighted by Crippen LogP contribution is 2.35. The van der Waals surface area contributed by atoms with E-state index in [2.05, 4.69) is 26.3 Å². The van der Waals surface area contributed by atoms with Crippen molar-refractivity contribution in [1.29, 1.82) is 0 Å². The topological polar surface area (TPSA) is 109 Å². The van der Waals surface area contributed by atoms with E-state index < -0.39 is 53.2 Å². The van der Waals surface area contributed by atoms with Crippen molar-refractivity contribution in [3.63, 3.8) is 0 Å². The summed E-state index contributed by atoms with van der Waals surface area (Å²) in [5, 5.41) is 20.4. The Morgan fingerprint density at radius 3 is 1.58 bits per heavy atom. The molecule has 0 aliphatic carbocycles. The van der Waals surface area contributed by atoms with Gasteiger partial charge in [-0.3, -0.25) is 0 Å². The van der Waals surface area contributed by atoms with Gasteiger partial charge in [-0.1, -0.05) is 24.3 Å². The highest BCUT2D eigenvalue weighted by molar-refractivity contribution is 7.99. The van der Waals surface area contributed by atoms with Gasteiger partial charge < -0.3 is 10.2 Å². The van der Waals surface area contributed by atoms with Crippen LogP contribution in [-0.2, 0) is 19.7 Å². The third-order valence-corrected chi connectivity index (χ3v) is 6.96. The molecule has 0 fully saturated rings.